The third kappa shape index (κ3) is 25.3. The van der Waals surface area contributed by atoms with Crippen LogP contribution in [0, 0.1) is 0 Å². The number of phosphoric acid groups is 1. The average Bonchev–Trinajstić information content (AvgIpc) is 2.80. The molecule has 0 aliphatic carbocycles. The number of ketones is 1. The zero-order chi connectivity index (χ0) is 27.1. The molecule has 0 bridgehead atoms. The monoisotopic (exact) mass is 538 g/mol. The zero-order valence-electron chi connectivity index (χ0n) is 24.0. The number of hydrogen-bond donors (Lipinski definition) is 1. The summed E-state index contributed by atoms with van der Waals surface area (Å²) in [6, 6.07) is 0. The number of quaternary nitrogens is 1. The lowest BCUT2D eigenvalue weighted by Gasteiger charge is -2.24. The maximum atomic E-state index is 12.0. The Kier molecular flexibility index (Phi) is 22.4. The summed E-state index contributed by atoms with van der Waals surface area (Å²) >= 11 is 0. The molecule has 0 aliphatic rings. The second-order valence-corrected chi connectivity index (χ2v) is 12.3. The molecule has 2 unspecified atom stereocenters. The van der Waals surface area contributed by atoms with Crippen LogP contribution in [0.1, 0.15) is 103 Å². The average molecular weight is 539 g/mol. The van der Waals surface area contributed by atoms with Gasteiger partial charge in [0.15, 0.2) is 5.78 Å². The molecule has 0 radical (unpaired) electrons. The minimum atomic E-state index is -4.15. The van der Waals surface area contributed by atoms with Crippen molar-refractivity contribution in [2.75, 3.05) is 61.2 Å². The highest BCUT2D eigenvalue weighted by Gasteiger charge is 2.24. The number of rotatable bonds is 27. The van der Waals surface area contributed by atoms with Gasteiger partial charge in [-0.25, -0.2) is 4.57 Å². The Morgan fingerprint density at radius 2 is 1.31 bits per heavy atom. The van der Waals surface area contributed by atoms with Gasteiger partial charge in [-0.2, -0.15) is 0 Å². The Hall–Kier alpha value is -0.340. The van der Waals surface area contributed by atoms with Crippen molar-refractivity contribution in [1.82, 2.24) is 0 Å². The first-order valence-electron chi connectivity index (χ1n) is 14.1. The number of phosphoric ester groups is 1. The summed E-state index contributed by atoms with van der Waals surface area (Å²) in [6.07, 6.45) is 18.0. The molecule has 0 spiro atoms. The van der Waals surface area contributed by atoms with Crippen molar-refractivity contribution in [3.05, 3.63) is 0 Å². The molecule has 8 nitrogen and oxygen atoms in total. The van der Waals surface area contributed by atoms with E-state index < -0.39 is 13.9 Å². The van der Waals surface area contributed by atoms with E-state index in [0.29, 0.717) is 17.4 Å². The highest BCUT2D eigenvalue weighted by atomic mass is 31.2. The lowest BCUT2D eigenvalue weighted by Crippen LogP contribution is -2.37. The molecule has 0 fully saturated rings. The molecule has 2 atom stereocenters. The second-order valence-electron chi connectivity index (χ2n) is 10.9. The number of methoxy groups -OCH3 is 1. The summed E-state index contributed by atoms with van der Waals surface area (Å²) in [6.45, 7) is 2.93. The minimum absolute atomic E-state index is 0.0229. The lowest BCUT2D eigenvalue weighted by atomic mass is 10.0. The Labute approximate surface area is 221 Å². The molecule has 0 aromatic carbocycles. The minimum Gasteiger partial charge on any atom is -0.377 e. The number of carbonyl (C=O) groups excluding carboxylic acids is 1. The summed E-state index contributed by atoms with van der Waals surface area (Å²) in [5.74, 6) is 0.0705. The third-order valence-electron chi connectivity index (χ3n) is 6.15. The van der Waals surface area contributed by atoms with Crippen LogP contribution in [0.25, 0.3) is 0 Å². The summed E-state index contributed by atoms with van der Waals surface area (Å²) in [5.41, 5.74) is 0. The van der Waals surface area contributed by atoms with Gasteiger partial charge < -0.3 is 18.9 Å². The molecule has 216 valence electrons. The zero-order valence-corrected chi connectivity index (χ0v) is 24.9. The Morgan fingerprint density at radius 3 is 1.78 bits per heavy atom. The second kappa shape index (κ2) is 22.6. The largest absolute Gasteiger partial charge is 0.472 e. The predicted octanol–water partition coefficient (Wildman–Crippen LogP) is 6.30. The number of unbranched alkanes of at least 4 members (excludes halogenated alkanes) is 13. The van der Waals surface area contributed by atoms with Crippen LogP contribution in [0.15, 0.2) is 0 Å². The molecular formula is C27H57NO7P+. The van der Waals surface area contributed by atoms with Crippen molar-refractivity contribution < 1.29 is 37.3 Å². The number of likely N-dealkylation sites (N-methyl/N-ethyl adjacent to an activating group) is 1. The molecule has 36 heavy (non-hydrogen) atoms. The van der Waals surface area contributed by atoms with E-state index in [4.69, 9.17) is 18.5 Å². The molecule has 0 saturated heterocycles. The number of ether oxygens (including phenoxy) is 2. The van der Waals surface area contributed by atoms with E-state index in [1.165, 1.54) is 84.2 Å². The molecule has 0 amide bonds. The Bertz CT molecular complexity index is 569. The standard InChI is InChI=1S/C27H56NO7P/c1-6-7-8-9-10-11-12-13-14-15-16-17-18-19-20-26(29)23-33-24-27(32-5)25-35-36(30,31)34-22-21-28(2,3)4/h27H,6-25H2,1-5H3/p+1. The van der Waals surface area contributed by atoms with Crippen molar-refractivity contribution in [1.29, 1.82) is 0 Å². The van der Waals surface area contributed by atoms with E-state index in [9.17, 15) is 14.3 Å². The summed E-state index contributed by atoms with van der Waals surface area (Å²) in [5, 5.41) is 0. The lowest BCUT2D eigenvalue weighted by molar-refractivity contribution is -0.870. The van der Waals surface area contributed by atoms with Gasteiger partial charge in [-0.15, -0.1) is 0 Å². The fourth-order valence-corrected chi connectivity index (χ4v) is 4.46. The van der Waals surface area contributed by atoms with Crippen LogP contribution in [-0.2, 0) is 27.9 Å². The van der Waals surface area contributed by atoms with Gasteiger partial charge in [0.1, 0.15) is 25.9 Å². The Balaban J connectivity index is 3.65. The smallest absolute Gasteiger partial charge is 0.377 e. The topological polar surface area (TPSA) is 91.3 Å². The van der Waals surface area contributed by atoms with E-state index in [2.05, 4.69) is 6.92 Å². The highest BCUT2D eigenvalue weighted by molar-refractivity contribution is 7.47. The highest BCUT2D eigenvalue weighted by Crippen LogP contribution is 2.43. The van der Waals surface area contributed by atoms with Gasteiger partial charge >= 0.3 is 7.82 Å². The molecule has 0 heterocycles. The molecule has 0 saturated carbocycles. The fourth-order valence-electron chi connectivity index (χ4n) is 3.72. The van der Waals surface area contributed by atoms with E-state index >= 15 is 0 Å². The van der Waals surface area contributed by atoms with Crippen LogP contribution >= 0.6 is 7.82 Å². The van der Waals surface area contributed by atoms with Crippen LogP contribution in [0.2, 0.25) is 0 Å². The molecular weight excluding hydrogens is 481 g/mol. The van der Waals surface area contributed by atoms with E-state index in [1.807, 2.05) is 21.1 Å². The SMILES string of the molecule is CCCCCCCCCCCCCCCCC(=O)COCC(COP(=O)(O)OCC[N+](C)(C)C)OC. The van der Waals surface area contributed by atoms with Crippen LogP contribution in [0.4, 0.5) is 0 Å². The van der Waals surface area contributed by atoms with Gasteiger partial charge in [0.2, 0.25) is 0 Å². The van der Waals surface area contributed by atoms with Gasteiger partial charge in [-0.1, -0.05) is 90.4 Å². The first-order valence-corrected chi connectivity index (χ1v) is 15.6. The van der Waals surface area contributed by atoms with E-state index in [1.54, 1.807) is 0 Å². The van der Waals surface area contributed by atoms with Crippen LogP contribution < -0.4 is 0 Å². The van der Waals surface area contributed by atoms with Crippen molar-refractivity contribution in [3.8, 4) is 0 Å². The summed E-state index contributed by atoms with van der Waals surface area (Å²) in [7, 11) is 3.21. The third-order valence-corrected chi connectivity index (χ3v) is 7.13. The summed E-state index contributed by atoms with van der Waals surface area (Å²) < 4.78 is 33.2. The normalized spacial score (nSPS) is 14.6. The first kappa shape index (κ1) is 35.7. The number of hydrogen-bond acceptors (Lipinski definition) is 6. The van der Waals surface area contributed by atoms with Gasteiger partial charge in [-0.3, -0.25) is 13.8 Å². The van der Waals surface area contributed by atoms with Crippen molar-refractivity contribution in [2.24, 2.45) is 0 Å². The predicted molar refractivity (Wildman–Crippen MR) is 146 cm³/mol. The van der Waals surface area contributed by atoms with Gasteiger partial charge in [0, 0.05) is 13.5 Å². The van der Waals surface area contributed by atoms with Crippen molar-refractivity contribution in [2.45, 2.75) is 109 Å². The van der Waals surface area contributed by atoms with Crippen molar-refractivity contribution in [3.63, 3.8) is 0 Å². The molecule has 9 heteroatoms. The quantitative estimate of drug-likeness (QED) is 0.0746. The Morgan fingerprint density at radius 1 is 0.806 bits per heavy atom. The number of carbonyl (C=O) groups is 1. The maximum Gasteiger partial charge on any atom is 0.472 e. The summed E-state index contributed by atoms with van der Waals surface area (Å²) in [4.78, 5) is 21.8. The first-order chi connectivity index (χ1) is 17.1. The van der Waals surface area contributed by atoms with Crippen molar-refractivity contribution >= 4 is 13.6 Å². The van der Waals surface area contributed by atoms with Crippen LogP contribution in [-0.4, -0.2) is 82.5 Å². The molecule has 1 N–H and O–H groups in total. The molecule has 0 aliphatic heterocycles. The van der Waals surface area contributed by atoms with Gasteiger partial charge in [0.05, 0.1) is 34.4 Å². The molecule has 0 rings (SSSR count). The van der Waals surface area contributed by atoms with Gasteiger partial charge in [0.25, 0.3) is 0 Å². The fraction of sp³-hybridized carbons (Fsp3) is 0.963. The molecule has 0 aromatic rings. The molecule has 0 aromatic heterocycles. The maximum absolute atomic E-state index is 12.0. The number of nitrogens with zero attached hydrogens (tertiary/aromatic N) is 1. The van der Waals surface area contributed by atoms with Crippen LogP contribution in [0.3, 0.4) is 0 Å². The number of Topliss-reactive ketones (excluding diaryl/α,β-unsaturated/α-hetero) is 1. The van der Waals surface area contributed by atoms with Crippen LogP contribution in [0.5, 0.6) is 0 Å². The van der Waals surface area contributed by atoms with Gasteiger partial charge in [-0.05, 0) is 6.42 Å². The van der Waals surface area contributed by atoms with E-state index in [-0.39, 0.29) is 32.2 Å². The van der Waals surface area contributed by atoms with E-state index in [0.717, 1.165) is 12.8 Å².